The molecule has 0 atom stereocenters. The second kappa shape index (κ2) is 8.50. The zero-order chi connectivity index (χ0) is 18.5. The minimum atomic E-state index is 0.790. The van der Waals surface area contributed by atoms with Gasteiger partial charge in [-0.2, -0.15) is 0 Å². The van der Waals surface area contributed by atoms with Crippen LogP contribution in [0.15, 0.2) is 71.2 Å². The quantitative estimate of drug-likeness (QED) is 0.416. The van der Waals surface area contributed by atoms with Crippen molar-refractivity contribution in [2.75, 3.05) is 0 Å². The summed E-state index contributed by atoms with van der Waals surface area (Å²) in [6, 6.07) is 20.9. The van der Waals surface area contributed by atoms with Crippen LogP contribution in [0.1, 0.15) is 27.7 Å². The van der Waals surface area contributed by atoms with Gasteiger partial charge in [0.05, 0.1) is 17.2 Å². The molecule has 2 aromatic heterocycles. The molecular weight excluding hydrogens is 372 g/mol. The number of hydrogen-bond acceptors (Lipinski definition) is 5. The smallest absolute Gasteiger partial charge is 0.191 e. The molecular formula is C21H20N4S2. The van der Waals surface area contributed by atoms with Gasteiger partial charge in [-0.1, -0.05) is 72.4 Å². The van der Waals surface area contributed by atoms with Crippen LogP contribution in [0.4, 0.5) is 0 Å². The van der Waals surface area contributed by atoms with Crippen LogP contribution in [-0.4, -0.2) is 19.7 Å². The maximum Gasteiger partial charge on any atom is 0.191 e. The molecule has 0 amide bonds. The van der Waals surface area contributed by atoms with E-state index in [0.29, 0.717) is 0 Å². The lowest BCUT2D eigenvalue weighted by atomic mass is 10.2. The van der Waals surface area contributed by atoms with Crippen molar-refractivity contribution >= 4 is 23.1 Å². The molecule has 136 valence electrons. The van der Waals surface area contributed by atoms with Gasteiger partial charge in [0.25, 0.3) is 0 Å². The first-order chi connectivity index (χ1) is 13.3. The van der Waals surface area contributed by atoms with Gasteiger partial charge in [0.2, 0.25) is 0 Å². The van der Waals surface area contributed by atoms with E-state index in [-0.39, 0.29) is 0 Å². The molecule has 4 nitrogen and oxygen atoms in total. The zero-order valence-electron chi connectivity index (χ0n) is 15.1. The number of benzene rings is 2. The van der Waals surface area contributed by atoms with E-state index in [1.807, 2.05) is 19.1 Å². The molecule has 0 saturated carbocycles. The van der Waals surface area contributed by atoms with E-state index in [9.17, 15) is 0 Å². The van der Waals surface area contributed by atoms with E-state index in [4.69, 9.17) is 4.98 Å². The predicted molar refractivity (Wildman–Crippen MR) is 111 cm³/mol. The predicted octanol–water partition coefficient (Wildman–Crippen LogP) is 4.97. The van der Waals surface area contributed by atoms with E-state index < -0.39 is 0 Å². The number of aryl methyl sites for hydroxylation is 1. The first kappa shape index (κ1) is 17.9. The van der Waals surface area contributed by atoms with Crippen molar-refractivity contribution in [2.24, 2.45) is 0 Å². The normalized spacial score (nSPS) is 11.0. The first-order valence-corrected chi connectivity index (χ1v) is 10.7. The molecule has 27 heavy (non-hydrogen) atoms. The van der Waals surface area contributed by atoms with E-state index in [1.165, 1.54) is 11.1 Å². The number of thioether (sulfide) groups is 1. The first-order valence-electron chi connectivity index (χ1n) is 8.81. The van der Waals surface area contributed by atoms with E-state index in [1.54, 1.807) is 23.1 Å². The second-order valence-electron chi connectivity index (χ2n) is 6.29. The summed E-state index contributed by atoms with van der Waals surface area (Å²) in [5.74, 6) is 1.74. The average Bonchev–Trinajstić information content (AvgIpc) is 3.29. The number of nitrogens with zero attached hydrogens (tertiary/aromatic N) is 4. The van der Waals surface area contributed by atoms with Crippen LogP contribution >= 0.6 is 23.1 Å². The highest BCUT2D eigenvalue weighted by Crippen LogP contribution is 2.24. The number of hydrogen-bond donors (Lipinski definition) is 0. The lowest BCUT2D eigenvalue weighted by Gasteiger charge is -2.08. The standard InChI is InChI=1S/C21H20N4S2/c1-16-23-24-21(25(16)13-18-10-6-3-7-11-18)27-15-19-14-26-20(22-19)12-17-8-4-2-5-9-17/h2-11,14H,12-13,15H2,1H3. The van der Waals surface area contributed by atoms with Crippen molar-refractivity contribution in [1.82, 2.24) is 19.7 Å². The third-order valence-electron chi connectivity index (χ3n) is 4.23. The summed E-state index contributed by atoms with van der Waals surface area (Å²) >= 11 is 3.42. The fourth-order valence-electron chi connectivity index (χ4n) is 2.82. The Kier molecular flexibility index (Phi) is 5.65. The molecule has 0 aliphatic heterocycles. The molecule has 6 heteroatoms. The molecule has 0 saturated heterocycles. The van der Waals surface area contributed by atoms with E-state index in [2.05, 4.69) is 68.7 Å². The molecule has 0 radical (unpaired) electrons. The Morgan fingerprint density at radius 1 is 0.926 bits per heavy atom. The van der Waals surface area contributed by atoms with Crippen LogP contribution in [0.2, 0.25) is 0 Å². The molecule has 2 heterocycles. The van der Waals surface area contributed by atoms with Gasteiger partial charge in [-0.3, -0.25) is 0 Å². The summed E-state index contributed by atoms with van der Waals surface area (Å²) in [4.78, 5) is 4.78. The maximum absolute atomic E-state index is 4.78. The van der Waals surface area contributed by atoms with Crippen LogP contribution in [0.5, 0.6) is 0 Å². The maximum atomic E-state index is 4.78. The van der Waals surface area contributed by atoms with Gasteiger partial charge >= 0.3 is 0 Å². The SMILES string of the molecule is Cc1nnc(SCc2csc(Cc3ccccc3)n2)n1Cc1ccccc1. The number of thiazole rings is 1. The molecule has 0 fully saturated rings. The highest BCUT2D eigenvalue weighted by atomic mass is 32.2. The molecule has 0 spiro atoms. The third kappa shape index (κ3) is 4.64. The van der Waals surface area contributed by atoms with Gasteiger partial charge in [-0.15, -0.1) is 21.5 Å². The zero-order valence-corrected chi connectivity index (χ0v) is 16.7. The van der Waals surface area contributed by atoms with Crippen molar-refractivity contribution in [3.05, 3.63) is 93.7 Å². The van der Waals surface area contributed by atoms with Crippen molar-refractivity contribution in [2.45, 2.75) is 30.8 Å². The lowest BCUT2D eigenvalue weighted by Crippen LogP contribution is -2.03. The van der Waals surface area contributed by atoms with Crippen molar-refractivity contribution < 1.29 is 0 Å². The van der Waals surface area contributed by atoms with Gasteiger partial charge < -0.3 is 4.57 Å². The Morgan fingerprint density at radius 2 is 1.63 bits per heavy atom. The molecule has 0 unspecified atom stereocenters. The summed E-state index contributed by atoms with van der Waals surface area (Å²) in [5.41, 5.74) is 3.65. The van der Waals surface area contributed by atoms with Gasteiger partial charge in [-0.05, 0) is 18.1 Å². The summed E-state index contributed by atoms with van der Waals surface area (Å²) < 4.78 is 2.16. The molecule has 4 aromatic rings. The van der Waals surface area contributed by atoms with Gasteiger partial charge in [0, 0.05) is 17.6 Å². The molecule has 2 aromatic carbocycles. The van der Waals surface area contributed by atoms with Gasteiger partial charge in [0.1, 0.15) is 5.82 Å². The molecule has 0 aliphatic carbocycles. The van der Waals surface area contributed by atoms with Crippen LogP contribution in [-0.2, 0) is 18.7 Å². The summed E-state index contributed by atoms with van der Waals surface area (Å²) in [6.07, 6.45) is 0.888. The van der Waals surface area contributed by atoms with Crippen molar-refractivity contribution in [1.29, 1.82) is 0 Å². The Hall–Kier alpha value is -2.44. The summed E-state index contributed by atoms with van der Waals surface area (Å²) in [5, 5.41) is 12.9. The van der Waals surface area contributed by atoms with Crippen LogP contribution in [0.25, 0.3) is 0 Å². The summed E-state index contributed by atoms with van der Waals surface area (Å²) in [6.45, 7) is 2.79. The van der Waals surface area contributed by atoms with Crippen molar-refractivity contribution in [3.63, 3.8) is 0 Å². The minimum Gasteiger partial charge on any atom is -0.302 e. The highest BCUT2D eigenvalue weighted by Gasteiger charge is 2.11. The van der Waals surface area contributed by atoms with Crippen LogP contribution in [0.3, 0.4) is 0 Å². The molecule has 4 rings (SSSR count). The third-order valence-corrected chi connectivity index (χ3v) is 6.13. The fraction of sp³-hybridized carbons (Fsp3) is 0.190. The van der Waals surface area contributed by atoms with E-state index >= 15 is 0 Å². The van der Waals surface area contributed by atoms with Crippen LogP contribution in [0, 0.1) is 6.92 Å². The Morgan fingerprint density at radius 3 is 2.37 bits per heavy atom. The number of aromatic nitrogens is 4. The van der Waals surface area contributed by atoms with Gasteiger partial charge in [-0.25, -0.2) is 4.98 Å². The fourth-order valence-corrected chi connectivity index (χ4v) is 4.63. The largest absolute Gasteiger partial charge is 0.302 e. The minimum absolute atomic E-state index is 0.790. The Labute approximate surface area is 167 Å². The average molecular weight is 393 g/mol. The highest BCUT2D eigenvalue weighted by molar-refractivity contribution is 7.98. The van der Waals surface area contributed by atoms with Crippen molar-refractivity contribution in [3.8, 4) is 0 Å². The van der Waals surface area contributed by atoms with Gasteiger partial charge in [0.15, 0.2) is 5.16 Å². The Balaban J connectivity index is 1.41. The molecule has 0 N–H and O–H groups in total. The lowest BCUT2D eigenvalue weighted by molar-refractivity contribution is 0.688. The number of rotatable bonds is 7. The molecule has 0 bridgehead atoms. The topological polar surface area (TPSA) is 43.6 Å². The Bertz CT molecular complexity index is 993. The van der Waals surface area contributed by atoms with E-state index in [0.717, 1.165) is 40.4 Å². The monoisotopic (exact) mass is 392 g/mol. The second-order valence-corrected chi connectivity index (χ2v) is 8.17. The molecule has 0 aliphatic rings. The van der Waals surface area contributed by atoms with Crippen LogP contribution < -0.4 is 0 Å². The summed E-state index contributed by atoms with van der Waals surface area (Å²) in [7, 11) is 0.